The van der Waals surface area contributed by atoms with E-state index in [4.69, 9.17) is 11.6 Å². The molecule has 7 nitrogen and oxygen atoms in total. The fraction of sp³-hybridized carbons (Fsp3) is 0.294. The first kappa shape index (κ1) is 17.2. The van der Waals surface area contributed by atoms with Crippen LogP contribution >= 0.6 is 11.6 Å². The molecule has 8 heteroatoms. The van der Waals surface area contributed by atoms with Crippen molar-refractivity contribution in [2.24, 2.45) is 5.92 Å². The summed E-state index contributed by atoms with van der Waals surface area (Å²) in [6.45, 7) is 0.347. The molecule has 25 heavy (non-hydrogen) atoms. The minimum Gasteiger partial charge on any atom is -0.465 e. The molecule has 1 fully saturated rings. The van der Waals surface area contributed by atoms with E-state index >= 15 is 0 Å². The number of aromatic nitrogens is 2. The Bertz CT molecular complexity index is 771. The second-order valence-electron chi connectivity index (χ2n) is 5.81. The molecule has 1 aromatic heterocycles. The summed E-state index contributed by atoms with van der Waals surface area (Å²) in [6, 6.07) is 9.15. The Hall–Kier alpha value is -2.67. The van der Waals surface area contributed by atoms with E-state index in [2.05, 4.69) is 15.3 Å². The molecule has 1 aromatic carbocycles. The van der Waals surface area contributed by atoms with E-state index < -0.39 is 12.0 Å². The third kappa shape index (κ3) is 3.88. The molecular weight excluding hydrogens is 344 g/mol. The lowest BCUT2D eigenvalue weighted by atomic mass is 9.83. The predicted molar refractivity (Wildman–Crippen MR) is 91.0 cm³/mol. The molecule has 2 heterocycles. The van der Waals surface area contributed by atoms with E-state index in [1.165, 1.54) is 17.3 Å². The van der Waals surface area contributed by atoms with Crippen molar-refractivity contribution in [2.45, 2.75) is 19.0 Å². The number of nitrogens with zero attached hydrogens (tertiary/aromatic N) is 3. The molecule has 1 aliphatic heterocycles. The van der Waals surface area contributed by atoms with Gasteiger partial charge in [0, 0.05) is 18.9 Å². The predicted octanol–water partition coefficient (Wildman–Crippen LogP) is 1.97. The monoisotopic (exact) mass is 360 g/mol. The highest BCUT2D eigenvalue weighted by Crippen LogP contribution is 2.28. The van der Waals surface area contributed by atoms with Crippen molar-refractivity contribution in [2.75, 3.05) is 6.54 Å². The van der Waals surface area contributed by atoms with Crippen LogP contribution in [0.15, 0.2) is 42.7 Å². The molecule has 130 valence electrons. The molecule has 2 unspecified atom stereocenters. The first-order chi connectivity index (χ1) is 12.1. The highest BCUT2D eigenvalue weighted by Gasteiger charge is 2.45. The summed E-state index contributed by atoms with van der Waals surface area (Å²) in [6.07, 6.45) is 2.46. The normalized spacial score (nSPS) is 19.2. The number of carbonyl (C=O) groups excluding carboxylic acids is 1. The number of rotatable bonds is 5. The molecule has 0 aliphatic carbocycles. The van der Waals surface area contributed by atoms with Gasteiger partial charge >= 0.3 is 6.09 Å². The van der Waals surface area contributed by atoms with Gasteiger partial charge < -0.3 is 15.3 Å². The number of carboxylic acid groups (broad SMARTS) is 1. The lowest BCUT2D eigenvalue weighted by Gasteiger charge is -2.45. The maximum atomic E-state index is 12.5. The average molecular weight is 361 g/mol. The molecule has 0 saturated carbocycles. The van der Waals surface area contributed by atoms with E-state index in [-0.39, 0.29) is 30.2 Å². The van der Waals surface area contributed by atoms with Crippen LogP contribution in [-0.4, -0.2) is 44.6 Å². The second kappa shape index (κ2) is 7.48. The number of carbonyl (C=O) groups is 2. The zero-order valence-corrected chi connectivity index (χ0v) is 14.1. The maximum absolute atomic E-state index is 12.5. The quantitative estimate of drug-likeness (QED) is 0.849. The Labute approximate surface area is 149 Å². The van der Waals surface area contributed by atoms with Crippen LogP contribution in [-0.2, 0) is 17.8 Å². The van der Waals surface area contributed by atoms with Crippen LogP contribution in [0.2, 0.25) is 5.15 Å². The Morgan fingerprint density at radius 3 is 2.64 bits per heavy atom. The van der Waals surface area contributed by atoms with Crippen molar-refractivity contribution in [3.63, 3.8) is 0 Å². The van der Waals surface area contributed by atoms with Gasteiger partial charge in [-0.05, 0) is 12.0 Å². The van der Waals surface area contributed by atoms with Crippen LogP contribution < -0.4 is 5.32 Å². The van der Waals surface area contributed by atoms with Crippen LogP contribution in [0.5, 0.6) is 0 Å². The second-order valence-corrected chi connectivity index (χ2v) is 6.17. The molecule has 1 aliphatic rings. The number of benzene rings is 1. The van der Waals surface area contributed by atoms with Crippen LogP contribution in [0.25, 0.3) is 0 Å². The number of halogens is 1. The number of hydrogen-bond donors (Lipinski definition) is 2. The third-order valence-corrected chi connectivity index (χ3v) is 4.60. The summed E-state index contributed by atoms with van der Waals surface area (Å²) in [7, 11) is 0. The third-order valence-electron chi connectivity index (χ3n) is 4.28. The first-order valence-electron chi connectivity index (χ1n) is 7.83. The largest absolute Gasteiger partial charge is 0.465 e. The minimum atomic E-state index is -1.01. The zero-order chi connectivity index (χ0) is 17.8. The van der Waals surface area contributed by atoms with Gasteiger partial charge in [-0.15, -0.1) is 0 Å². The summed E-state index contributed by atoms with van der Waals surface area (Å²) in [5.41, 5.74) is 1.47. The standard InChI is InChI=1S/C17H17ClN4O3/c18-15-13(19-6-7-20-15)9-21-16(23)12-10-22(17(24)25)14(12)8-11-4-2-1-3-5-11/h1-7,12,14H,8-10H2,(H,21,23)(H,24,25). The van der Waals surface area contributed by atoms with E-state index in [9.17, 15) is 14.7 Å². The maximum Gasteiger partial charge on any atom is 0.407 e. The van der Waals surface area contributed by atoms with Gasteiger partial charge in [0.25, 0.3) is 0 Å². The minimum absolute atomic E-state index is 0.160. The molecule has 0 radical (unpaired) electrons. The molecule has 0 spiro atoms. The summed E-state index contributed by atoms with van der Waals surface area (Å²) < 4.78 is 0. The highest BCUT2D eigenvalue weighted by atomic mass is 35.5. The first-order valence-corrected chi connectivity index (χ1v) is 8.20. The van der Waals surface area contributed by atoms with Gasteiger partial charge in [-0.1, -0.05) is 41.9 Å². The lowest BCUT2D eigenvalue weighted by molar-refractivity contribution is -0.133. The SMILES string of the molecule is O=C(NCc1nccnc1Cl)C1CN(C(=O)O)C1Cc1ccccc1. The van der Waals surface area contributed by atoms with E-state index in [1.807, 2.05) is 30.3 Å². The average Bonchev–Trinajstić information content (AvgIpc) is 2.59. The topological polar surface area (TPSA) is 95.4 Å². The van der Waals surface area contributed by atoms with Gasteiger partial charge in [0.05, 0.1) is 24.2 Å². The Balaban J connectivity index is 1.64. The molecule has 2 atom stereocenters. The fourth-order valence-corrected chi connectivity index (χ4v) is 3.08. The summed E-state index contributed by atoms with van der Waals surface area (Å²) in [5.74, 6) is -0.605. The molecule has 2 N–H and O–H groups in total. The van der Waals surface area contributed by atoms with Crippen LogP contribution in [0.4, 0.5) is 4.79 Å². The summed E-state index contributed by atoms with van der Waals surface area (Å²) in [4.78, 5) is 33.1. The molecule has 1 saturated heterocycles. The Kier molecular flexibility index (Phi) is 5.14. The van der Waals surface area contributed by atoms with Crippen LogP contribution in [0.3, 0.4) is 0 Å². The van der Waals surface area contributed by atoms with Gasteiger partial charge in [0.15, 0.2) is 5.15 Å². The van der Waals surface area contributed by atoms with E-state index in [0.717, 1.165) is 5.56 Å². The number of nitrogens with one attached hydrogen (secondary N) is 1. The van der Waals surface area contributed by atoms with Crippen molar-refractivity contribution >= 4 is 23.6 Å². The zero-order valence-electron chi connectivity index (χ0n) is 13.3. The Morgan fingerprint density at radius 1 is 1.24 bits per heavy atom. The van der Waals surface area contributed by atoms with Crippen molar-refractivity contribution < 1.29 is 14.7 Å². The van der Waals surface area contributed by atoms with E-state index in [0.29, 0.717) is 12.1 Å². The summed E-state index contributed by atoms with van der Waals surface area (Å²) >= 11 is 5.93. The smallest absolute Gasteiger partial charge is 0.407 e. The molecule has 2 aromatic rings. The number of amides is 2. The van der Waals surface area contributed by atoms with Crippen molar-refractivity contribution in [3.8, 4) is 0 Å². The van der Waals surface area contributed by atoms with Crippen molar-refractivity contribution in [1.82, 2.24) is 20.2 Å². The van der Waals surface area contributed by atoms with Gasteiger partial charge in [-0.25, -0.2) is 9.78 Å². The molecular formula is C17H17ClN4O3. The van der Waals surface area contributed by atoms with Crippen LogP contribution in [0, 0.1) is 5.92 Å². The van der Waals surface area contributed by atoms with Crippen LogP contribution in [0.1, 0.15) is 11.3 Å². The van der Waals surface area contributed by atoms with Crippen molar-refractivity contribution in [1.29, 1.82) is 0 Å². The summed E-state index contributed by atoms with van der Waals surface area (Å²) in [5, 5.41) is 12.3. The van der Waals surface area contributed by atoms with Crippen molar-refractivity contribution in [3.05, 3.63) is 59.1 Å². The van der Waals surface area contributed by atoms with Gasteiger partial charge in [0.2, 0.25) is 5.91 Å². The fourth-order valence-electron chi connectivity index (χ4n) is 2.90. The van der Waals surface area contributed by atoms with E-state index in [1.54, 1.807) is 0 Å². The van der Waals surface area contributed by atoms with Gasteiger partial charge in [-0.3, -0.25) is 9.78 Å². The molecule has 0 bridgehead atoms. The lowest BCUT2D eigenvalue weighted by Crippen LogP contribution is -2.63. The molecule has 2 amide bonds. The molecule has 3 rings (SSSR count). The number of likely N-dealkylation sites (tertiary alicyclic amines) is 1. The van der Waals surface area contributed by atoms with Gasteiger partial charge in [-0.2, -0.15) is 0 Å². The van der Waals surface area contributed by atoms with Gasteiger partial charge in [0.1, 0.15) is 0 Å². The highest BCUT2D eigenvalue weighted by molar-refractivity contribution is 6.29. The Morgan fingerprint density at radius 2 is 1.96 bits per heavy atom. The number of hydrogen-bond acceptors (Lipinski definition) is 4.